The third-order valence-corrected chi connectivity index (χ3v) is 12.5. The normalized spacial score (nSPS) is 20.2. The average molecular weight is 795 g/mol. The summed E-state index contributed by atoms with van der Waals surface area (Å²) < 4.78 is 17.0. The number of fused-ring (bicyclic) bond motifs is 3. The Morgan fingerprint density at radius 1 is 0.898 bits per heavy atom. The molecular weight excluding hydrogens is 745 g/mol. The highest BCUT2D eigenvalue weighted by Gasteiger charge is 2.40. The maximum atomic E-state index is 14.9. The Bertz CT molecular complexity index is 2460. The summed E-state index contributed by atoms with van der Waals surface area (Å²) in [5.74, 6) is 7.86. The van der Waals surface area contributed by atoms with Gasteiger partial charge in [-0.2, -0.15) is 0 Å². The molecule has 11 heteroatoms. The second-order valence-electron chi connectivity index (χ2n) is 17.0. The number of hydrogen-bond acceptors (Lipinski definition) is 8. The number of methoxy groups -OCH3 is 3. The summed E-state index contributed by atoms with van der Waals surface area (Å²) in [6.07, 6.45) is 5.63. The van der Waals surface area contributed by atoms with Crippen LogP contribution in [0.3, 0.4) is 0 Å². The molecule has 3 aliphatic heterocycles. The van der Waals surface area contributed by atoms with Gasteiger partial charge in [0.25, 0.3) is 11.8 Å². The number of hydrogen-bond donors (Lipinski definition) is 1. The molecule has 11 nitrogen and oxygen atoms in total. The number of carbonyl (C=O) groups excluding carboxylic acids is 4. The maximum absolute atomic E-state index is 14.9. The molecule has 4 heterocycles. The van der Waals surface area contributed by atoms with Crippen LogP contribution in [0.1, 0.15) is 102 Å². The van der Waals surface area contributed by atoms with Crippen LogP contribution in [0.2, 0.25) is 0 Å². The average Bonchev–Trinajstić information content (AvgIpc) is 3.57. The molecular formula is C48H50N4O7. The molecule has 1 N–H and O–H groups in total. The molecule has 4 aliphatic rings. The summed E-state index contributed by atoms with van der Waals surface area (Å²) in [7, 11) is 4.81. The Balaban J connectivity index is 1.07. The van der Waals surface area contributed by atoms with E-state index in [1.54, 1.807) is 32.3 Å². The number of nitrogens with one attached hydrogen (secondary N) is 1. The number of pyridine rings is 1. The number of piperidine rings is 2. The van der Waals surface area contributed by atoms with E-state index in [1.165, 1.54) is 0 Å². The third kappa shape index (κ3) is 7.53. The van der Waals surface area contributed by atoms with Gasteiger partial charge in [0.1, 0.15) is 6.04 Å². The van der Waals surface area contributed by atoms with Gasteiger partial charge in [0.15, 0.2) is 11.5 Å². The lowest BCUT2D eigenvalue weighted by molar-refractivity contribution is -0.136. The van der Waals surface area contributed by atoms with Crippen LogP contribution in [-0.2, 0) is 22.6 Å². The minimum absolute atomic E-state index is 0.0147. The topological polar surface area (TPSA) is 127 Å². The number of allylic oxidation sites excluding steroid dienone is 1. The summed E-state index contributed by atoms with van der Waals surface area (Å²) in [6.45, 7) is 8.19. The largest absolute Gasteiger partial charge is 0.493 e. The van der Waals surface area contributed by atoms with Crippen molar-refractivity contribution in [3.63, 3.8) is 0 Å². The Morgan fingerprint density at radius 2 is 1.63 bits per heavy atom. The highest BCUT2D eigenvalue weighted by molar-refractivity contribution is 6.09. The number of ether oxygens (including phenoxy) is 3. The SMILES string of the molecule is COc1cc(/C=C2/CC(C(C)(C)C)Cc3c2nc2ccccc2c3C(=O)N2CCC(C#Cc3cccc4c3CN(C3CCC(=O)NC3=O)C4=O)CC2)cc(OC)c1OC. The highest BCUT2D eigenvalue weighted by atomic mass is 16.5. The quantitative estimate of drug-likeness (QED) is 0.162. The van der Waals surface area contributed by atoms with Gasteiger partial charge in [0, 0.05) is 48.5 Å². The van der Waals surface area contributed by atoms with Crippen molar-refractivity contribution in [2.24, 2.45) is 17.3 Å². The number of amides is 4. The van der Waals surface area contributed by atoms with E-state index in [2.05, 4.69) is 44.0 Å². The molecule has 304 valence electrons. The summed E-state index contributed by atoms with van der Waals surface area (Å²) >= 11 is 0. The molecule has 0 bridgehead atoms. The summed E-state index contributed by atoms with van der Waals surface area (Å²) in [5.41, 5.74) is 7.38. The first-order valence-electron chi connectivity index (χ1n) is 20.4. The summed E-state index contributed by atoms with van der Waals surface area (Å²) in [5, 5.41) is 3.23. The number of para-hydroxylation sites is 1. The van der Waals surface area contributed by atoms with Gasteiger partial charge in [0.2, 0.25) is 17.6 Å². The van der Waals surface area contributed by atoms with Crippen molar-refractivity contribution in [1.82, 2.24) is 20.1 Å². The fourth-order valence-corrected chi connectivity index (χ4v) is 9.03. The lowest BCUT2D eigenvalue weighted by atomic mass is 9.68. The molecule has 2 saturated heterocycles. The maximum Gasteiger partial charge on any atom is 0.255 e. The van der Waals surface area contributed by atoms with Gasteiger partial charge < -0.3 is 24.0 Å². The van der Waals surface area contributed by atoms with Crippen molar-refractivity contribution in [2.75, 3.05) is 34.4 Å². The molecule has 2 unspecified atom stereocenters. The number of likely N-dealkylation sites (tertiary alicyclic amines) is 1. The van der Waals surface area contributed by atoms with E-state index in [0.29, 0.717) is 42.3 Å². The van der Waals surface area contributed by atoms with E-state index in [9.17, 15) is 19.2 Å². The van der Waals surface area contributed by atoms with Gasteiger partial charge in [0.05, 0.1) is 38.1 Å². The first kappa shape index (κ1) is 39.7. The van der Waals surface area contributed by atoms with Crippen LogP contribution < -0.4 is 19.5 Å². The molecule has 8 rings (SSSR count). The zero-order chi connectivity index (χ0) is 41.6. The van der Waals surface area contributed by atoms with Crippen molar-refractivity contribution < 1.29 is 33.4 Å². The van der Waals surface area contributed by atoms with Crippen LogP contribution in [0.25, 0.3) is 22.6 Å². The predicted molar refractivity (Wildman–Crippen MR) is 225 cm³/mol. The first-order valence-corrected chi connectivity index (χ1v) is 20.4. The molecule has 1 aliphatic carbocycles. The standard InChI is InChI=1S/C48H50N4O7/c1-48(2,3)32-25-31(22-29-23-39(57-4)44(59-6)40(24-29)58-5)43-35(26-32)42(34-11-7-8-13-37(34)49-43)47(56)51-20-18-28(19-21-51)14-15-30-10-9-12-33-36(30)27-52(46(33)55)38-16-17-41(53)50-45(38)54/h7-13,22-24,28,32,38H,16-21,25-27H2,1-6H3,(H,50,53,54)/b31-22-. The van der Waals surface area contributed by atoms with Crippen LogP contribution in [0.15, 0.2) is 54.6 Å². The zero-order valence-electron chi connectivity index (χ0n) is 34.6. The van der Waals surface area contributed by atoms with Crippen LogP contribution in [-0.4, -0.2) is 78.9 Å². The van der Waals surface area contributed by atoms with Crippen molar-refractivity contribution in [3.05, 3.63) is 93.7 Å². The minimum Gasteiger partial charge on any atom is -0.493 e. The van der Waals surface area contributed by atoms with Crippen LogP contribution in [0, 0.1) is 29.1 Å². The smallest absolute Gasteiger partial charge is 0.255 e. The number of carbonyl (C=O) groups is 4. The fourth-order valence-electron chi connectivity index (χ4n) is 9.03. The van der Waals surface area contributed by atoms with Gasteiger partial charge in [-0.3, -0.25) is 24.5 Å². The summed E-state index contributed by atoms with van der Waals surface area (Å²) in [4.78, 5) is 61.4. The number of imide groups is 1. The Morgan fingerprint density at radius 3 is 2.31 bits per heavy atom. The van der Waals surface area contributed by atoms with E-state index in [1.807, 2.05) is 53.4 Å². The van der Waals surface area contributed by atoms with Crippen LogP contribution in [0.5, 0.6) is 17.2 Å². The van der Waals surface area contributed by atoms with E-state index in [-0.39, 0.29) is 47.9 Å². The molecule has 2 fully saturated rings. The number of nitrogens with zero attached hydrogens (tertiary/aromatic N) is 3. The van der Waals surface area contributed by atoms with Crippen molar-refractivity contribution >= 4 is 46.2 Å². The Labute approximate surface area is 345 Å². The zero-order valence-corrected chi connectivity index (χ0v) is 34.6. The minimum atomic E-state index is -0.679. The van der Waals surface area contributed by atoms with E-state index in [4.69, 9.17) is 19.2 Å². The molecule has 59 heavy (non-hydrogen) atoms. The van der Waals surface area contributed by atoms with Crippen molar-refractivity contribution in [3.8, 4) is 29.1 Å². The lowest BCUT2D eigenvalue weighted by Gasteiger charge is -2.38. The molecule has 0 spiro atoms. The molecule has 0 radical (unpaired) electrons. The second kappa shape index (κ2) is 15.9. The van der Waals surface area contributed by atoms with Crippen molar-refractivity contribution in [1.29, 1.82) is 0 Å². The van der Waals surface area contributed by atoms with Crippen LogP contribution >= 0.6 is 0 Å². The molecule has 3 aromatic carbocycles. The first-order chi connectivity index (χ1) is 28.4. The van der Waals surface area contributed by atoms with Gasteiger partial charge in [-0.15, -0.1) is 0 Å². The van der Waals surface area contributed by atoms with E-state index < -0.39 is 11.9 Å². The lowest BCUT2D eigenvalue weighted by Crippen LogP contribution is -2.52. The molecule has 2 atom stereocenters. The van der Waals surface area contributed by atoms with Gasteiger partial charge in [-0.25, -0.2) is 4.98 Å². The molecule has 4 aromatic rings. The number of aromatic nitrogens is 1. The van der Waals surface area contributed by atoms with E-state index in [0.717, 1.165) is 75.7 Å². The predicted octanol–water partition coefficient (Wildman–Crippen LogP) is 7.07. The molecule has 1 aromatic heterocycles. The Hall–Kier alpha value is -6.15. The van der Waals surface area contributed by atoms with Gasteiger partial charge in [-0.05, 0) is 102 Å². The Kier molecular flexibility index (Phi) is 10.7. The molecule has 4 amide bonds. The molecule has 0 saturated carbocycles. The second-order valence-corrected chi connectivity index (χ2v) is 17.0. The fraction of sp³-hybridized carbons (Fsp3) is 0.396. The monoisotopic (exact) mass is 794 g/mol. The van der Waals surface area contributed by atoms with Gasteiger partial charge in [-0.1, -0.05) is 56.9 Å². The summed E-state index contributed by atoms with van der Waals surface area (Å²) in [6, 6.07) is 16.7. The van der Waals surface area contributed by atoms with E-state index >= 15 is 0 Å². The highest BCUT2D eigenvalue weighted by Crippen LogP contribution is 2.46. The number of rotatable bonds is 6. The third-order valence-electron chi connectivity index (χ3n) is 12.5. The number of benzene rings is 3. The van der Waals surface area contributed by atoms with Crippen molar-refractivity contribution in [2.45, 2.75) is 71.9 Å². The van der Waals surface area contributed by atoms with Gasteiger partial charge >= 0.3 is 0 Å². The van der Waals surface area contributed by atoms with Crippen LogP contribution in [0.4, 0.5) is 0 Å².